The first-order chi connectivity index (χ1) is 8.59. The normalized spacial score (nSPS) is 23.0. The lowest BCUT2D eigenvalue weighted by Crippen LogP contribution is -2.46. The van der Waals surface area contributed by atoms with Crippen LogP contribution in [0.25, 0.3) is 0 Å². The number of hydrogen-bond acceptors (Lipinski definition) is 3. The second kappa shape index (κ2) is 5.69. The Morgan fingerprint density at radius 1 is 1.50 bits per heavy atom. The summed E-state index contributed by atoms with van der Waals surface area (Å²) in [5, 5.41) is 6.54. The zero-order valence-electron chi connectivity index (χ0n) is 10.3. The van der Waals surface area contributed by atoms with Crippen molar-refractivity contribution >= 4 is 23.2 Å². The third-order valence-electron chi connectivity index (χ3n) is 3.04. The smallest absolute Gasteiger partial charge is 0.238 e. The van der Waals surface area contributed by atoms with Gasteiger partial charge in [-0.15, -0.1) is 0 Å². The predicted molar refractivity (Wildman–Crippen MR) is 71.9 cm³/mol. The molecule has 1 unspecified atom stereocenters. The molecule has 1 aromatic carbocycles. The molecule has 0 bridgehead atoms. The highest BCUT2D eigenvalue weighted by Gasteiger charge is 2.29. The summed E-state index contributed by atoms with van der Waals surface area (Å²) in [6.07, 6.45) is 0.923. The van der Waals surface area contributed by atoms with Crippen LogP contribution in [0, 0.1) is 0 Å². The molecular formula is C13H17ClN2O2. The maximum atomic E-state index is 11.8. The fraction of sp³-hybridized carbons (Fsp3) is 0.462. The predicted octanol–water partition coefficient (Wildman–Crippen LogP) is 2.05. The lowest BCUT2D eigenvalue weighted by molar-refractivity contribution is -0.115. The van der Waals surface area contributed by atoms with Crippen LogP contribution in [-0.2, 0) is 9.53 Å². The van der Waals surface area contributed by atoms with Gasteiger partial charge in [-0.2, -0.15) is 0 Å². The summed E-state index contributed by atoms with van der Waals surface area (Å²) in [4.78, 5) is 11.8. The Hall–Kier alpha value is -1.10. The number of nitrogens with one attached hydrogen (secondary N) is 2. The summed E-state index contributed by atoms with van der Waals surface area (Å²) >= 11 is 5.97. The van der Waals surface area contributed by atoms with Gasteiger partial charge in [-0.3, -0.25) is 4.79 Å². The third kappa shape index (κ3) is 3.45. The van der Waals surface area contributed by atoms with Crippen molar-refractivity contribution in [3.8, 4) is 0 Å². The van der Waals surface area contributed by atoms with Crippen molar-refractivity contribution in [2.24, 2.45) is 0 Å². The number of anilines is 1. The van der Waals surface area contributed by atoms with Crippen molar-refractivity contribution in [1.29, 1.82) is 0 Å². The van der Waals surface area contributed by atoms with Crippen molar-refractivity contribution in [2.45, 2.75) is 18.9 Å². The Morgan fingerprint density at radius 2 is 2.28 bits per heavy atom. The van der Waals surface area contributed by atoms with Crippen molar-refractivity contribution in [3.63, 3.8) is 0 Å². The van der Waals surface area contributed by atoms with Crippen LogP contribution >= 0.6 is 11.6 Å². The molecule has 18 heavy (non-hydrogen) atoms. The Labute approximate surface area is 112 Å². The maximum absolute atomic E-state index is 11.8. The molecule has 2 N–H and O–H groups in total. The molecule has 0 radical (unpaired) electrons. The van der Waals surface area contributed by atoms with Crippen LogP contribution in [0.3, 0.4) is 0 Å². The standard InChI is InChI=1S/C13H17ClN2O2/c1-13(6-7-18-9-13)15-8-12(17)16-11-5-3-2-4-10(11)14/h2-5,15H,6-9H2,1H3,(H,16,17). The number of hydrogen-bond donors (Lipinski definition) is 2. The molecule has 1 amide bonds. The number of carbonyl (C=O) groups excluding carboxylic acids is 1. The summed E-state index contributed by atoms with van der Waals surface area (Å²) in [6.45, 7) is 3.70. The van der Waals surface area contributed by atoms with Crippen LogP contribution < -0.4 is 10.6 Å². The lowest BCUT2D eigenvalue weighted by Gasteiger charge is -2.23. The lowest BCUT2D eigenvalue weighted by atomic mass is 10.0. The van der Waals surface area contributed by atoms with Gasteiger partial charge in [0.05, 0.1) is 23.9 Å². The van der Waals surface area contributed by atoms with Gasteiger partial charge >= 0.3 is 0 Å². The molecule has 1 aliphatic heterocycles. The van der Waals surface area contributed by atoms with E-state index in [1.807, 2.05) is 12.1 Å². The number of para-hydroxylation sites is 1. The molecule has 0 spiro atoms. The summed E-state index contributed by atoms with van der Waals surface area (Å²) < 4.78 is 5.31. The average Bonchev–Trinajstić information content (AvgIpc) is 2.77. The van der Waals surface area contributed by atoms with E-state index >= 15 is 0 Å². The molecule has 1 aliphatic rings. The van der Waals surface area contributed by atoms with Crippen LogP contribution in [0.2, 0.25) is 5.02 Å². The van der Waals surface area contributed by atoms with Crippen LogP contribution in [0.15, 0.2) is 24.3 Å². The molecule has 0 aliphatic carbocycles. The van der Waals surface area contributed by atoms with Crippen LogP contribution in [0.4, 0.5) is 5.69 Å². The average molecular weight is 269 g/mol. The first-order valence-corrected chi connectivity index (χ1v) is 6.34. The van der Waals surface area contributed by atoms with Gasteiger partial charge in [-0.25, -0.2) is 0 Å². The molecule has 0 saturated carbocycles. The minimum atomic E-state index is -0.101. The molecule has 2 rings (SSSR count). The highest BCUT2D eigenvalue weighted by molar-refractivity contribution is 6.33. The van der Waals surface area contributed by atoms with Gasteiger partial charge in [-0.1, -0.05) is 23.7 Å². The third-order valence-corrected chi connectivity index (χ3v) is 3.37. The van der Waals surface area contributed by atoms with E-state index in [0.717, 1.165) is 13.0 Å². The minimum absolute atomic E-state index is 0.0994. The Balaban J connectivity index is 1.84. The first kappa shape index (κ1) is 13.3. The fourth-order valence-electron chi connectivity index (χ4n) is 1.86. The van der Waals surface area contributed by atoms with E-state index in [-0.39, 0.29) is 18.0 Å². The molecule has 4 nitrogen and oxygen atoms in total. The van der Waals surface area contributed by atoms with Gasteiger partial charge in [0.1, 0.15) is 0 Å². The Kier molecular flexibility index (Phi) is 4.22. The number of halogens is 1. The zero-order valence-corrected chi connectivity index (χ0v) is 11.1. The van der Waals surface area contributed by atoms with Gasteiger partial charge in [0.15, 0.2) is 0 Å². The molecule has 1 saturated heterocycles. The second-order valence-electron chi connectivity index (χ2n) is 4.74. The summed E-state index contributed by atoms with van der Waals surface area (Å²) in [7, 11) is 0. The molecule has 1 heterocycles. The van der Waals surface area contributed by atoms with E-state index in [0.29, 0.717) is 17.3 Å². The van der Waals surface area contributed by atoms with Gasteiger partial charge < -0.3 is 15.4 Å². The SMILES string of the molecule is CC1(NCC(=O)Nc2ccccc2Cl)CCOC1. The Morgan fingerprint density at radius 3 is 2.94 bits per heavy atom. The largest absolute Gasteiger partial charge is 0.379 e. The van der Waals surface area contributed by atoms with Gasteiger partial charge in [0.2, 0.25) is 5.91 Å². The van der Waals surface area contributed by atoms with Gasteiger partial charge in [0.25, 0.3) is 0 Å². The number of amides is 1. The number of ether oxygens (including phenoxy) is 1. The first-order valence-electron chi connectivity index (χ1n) is 5.96. The molecule has 1 aromatic rings. The molecule has 98 valence electrons. The van der Waals surface area contributed by atoms with Crippen molar-refractivity contribution in [1.82, 2.24) is 5.32 Å². The molecule has 1 atom stereocenters. The highest BCUT2D eigenvalue weighted by atomic mass is 35.5. The minimum Gasteiger partial charge on any atom is -0.379 e. The molecular weight excluding hydrogens is 252 g/mol. The van der Waals surface area contributed by atoms with Crippen molar-refractivity contribution in [2.75, 3.05) is 25.1 Å². The van der Waals surface area contributed by atoms with Gasteiger partial charge in [-0.05, 0) is 25.5 Å². The fourth-order valence-corrected chi connectivity index (χ4v) is 2.04. The van der Waals surface area contributed by atoms with E-state index in [1.165, 1.54) is 0 Å². The van der Waals surface area contributed by atoms with Crippen LogP contribution in [0.1, 0.15) is 13.3 Å². The maximum Gasteiger partial charge on any atom is 0.238 e. The quantitative estimate of drug-likeness (QED) is 0.879. The number of benzene rings is 1. The van der Waals surface area contributed by atoms with E-state index in [1.54, 1.807) is 12.1 Å². The molecule has 0 aromatic heterocycles. The van der Waals surface area contributed by atoms with E-state index in [2.05, 4.69) is 17.6 Å². The van der Waals surface area contributed by atoms with E-state index < -0.39 is 0 Å². The van der Waals surface area contributed by atoms with Gasteiger partial charge in [0, 0.05) is 12.1 Å². The van der Waals surface area contributed by atoms with Crippen LogP contribution in [-0.4, -0.2) is 31.2 Å². The van der Waals surface area contributed by atoms with Crippen molar-refractivity contribution < 1.29 is 9.53 Å². The van der Waals surface area contributed by atoms with Crippen molar-refractivity contribution in [3.05, 3.63) is 29.3 Å². The number of rotatable bonds is 4. The topological polar surface area (TPSA) is 50.4 Å². The zero-order chi connectivity index (χ0) is 13.0. The second-order valence-corrected chi connectivity index (χ2v) is 5.15. The number of carbonyl (C=O) groups is 1. The summed E-state index contributed by atoms with van der Waals surface area (Å²) in [5.41, 5.74) is 0.538. The Bertz CT molecular complexity index is 431. The molecule has 1 fully saturated rings. The summed E-state index contributed by atoms with van der Waals surface area (Å²) in [5.74, 6) is -0.101. The van der Waals surface area contributed by atoms with E-state index in [9.17, 15) is 4.79 Å². The monoisotopic (exact) mass is 268 g/mol. The highest BCUT2D eigenvalue weighted by Crippen LogP contribution is 2.20. The molecule has 5 heteroatoms. The summed E-state index contributed by atoms with van der Waals surface area (Å²) in [6, 6.07) is 7.19. The van der Waals surface area contributed by atoms with Crippen LogP contribution in [0.5, 0.6) is 0 Å². The van der Waals surface area contributed by atoms with E-state index in [4.69, 9.17) is 16.3 Å².